The number of rotatable bonds is 6. The molecule has 1 unspecified atom stereocenters. The summed E-state index contributed by atoms with van der Waals surface area (Å²) in [4.78, 5) is 11.3. The maximum atomic E-state index is 11.3. The molecule has 0 saturated heterocycles. The van der Waals surface area contributed by atoms with Crippen LogP contribution in [0.25, 0.3) is 0 Å². The van der Waals surface area contributed by atoms with E-state index in [1.807, 2.05) is 19.9 Å². The fourth-order valence-corrected chi connectivity index (χ4v) is 1.84. The molecule has 4 heteroatoms. The normalized spacial score (nSPS) is 14.6. The van der Waals surface area contributed by atoms with Gasteiger partial charge in [-0.15, -0.1) is 0 Å². The van der Waals surface area contributed by atoms with Crippen molar-refractivity contribution in [1.82, 2.24) is 0 Å². The Balaban J connectivity index is 4.21. The van der Waals surface area contributed by atoms with Crippen molar-refractivity contribution in [2.75, 3.05) is 6.61 Å². The SMILES string of the molecule is CCOC(=O)CC(C)/C=C/O[Si](C)(C)C(C)(C)C. The first-order valence-electron chi connectivity index (χ1n) is 6.60. The van der Waals surface area contributed by atoms with Crippen molar-refractivity contribution in [3.8, 4) is 0 Å². The molecule has 0 N–H and O–H groups in total. The molecule has 0 heterocycles. The van der Waals surface area contributed by atoms with Crippen LogP contribution >= 0.6 is 0 Å². The number of ether oxygens (including phenoxy) is 1. The molecule has 1 atom stereocenters. The molecule has 0 radical (unpaired) electrons. The van der Waals surface area contributed by atoms with E-state index in [0.29, 0.717) is 13.0 Å². The predicted octanol–water partition coefficient (Wildman–Crippen LogP) is 4.11. The summed E-state index contributed by atoms with van der Waals surface area (Å²) in [6, 6.07) is 0. The van der Waals surface area contributed by atoms with Crippen LogP contribution in [0, 0.1) is 5.92 Å². The second kappa shape index (κ2) is 6.97. The monoisotopic (exact) mass is 272 g/mol. The first kappa shape index (κ1) is 17.2. The Morgan fingerprint density at radius 3 is 2.33 bits per heavy atom. The Bertz CT molecular complexity index is 290. The summed E-state index contributed by atoms with van der Waals surface area (Å²) in [5, 5.41) is 0.196. The summed E-state index contributed by atoms with van der Waals surface area (Å²) in [6.07, 6.45) is 4.12. The Kier molecular flexibility index (Phi) is 6.67. The molecule has 0 aromatic carbocycles. The zero-order valence-corrected chi connectivity index (χ0v) is 13.9. The van der Waals surface area contributed by atoms with E-state index in [1.165, 1.54) is 0 Å². The van der Waals surface area contributed by atoms with Crippen LogP contribution in [-0.4, -0.2) is 20.9 Å². The maximum Gasteiger partial charge on any atom is 0.306 e. The van der Waals surface area contributed by atoms with Crippen molar-refractivity contribution in [1.29, 1.82) is 0 Å². The molecule has 0 aromatic rings. The van der Waals surface area contributed by atoms with Crippen LogP contribution in [-0.2, 0) is 14.0 Å². The number of carbonyl (C=O) groups excluding carboxylic acids is 1. The van der Waals surface area contributed by atoms with Gasteiger partial charge < -0.3 is 9.16 Å². The van der Waals surface area contributed by atoms with Gasteiger partial charge in [0.15, 0.2) is 0 Å². The van der Waals surface area contributed by atoms with Crippen LogP contribution in [0.1, 0.15) is 41.0 Å². The Hall–Kier alpha value is -0.773. The Morgan fingerprint density at radius 2 is 1.89 bits per heavy atom. The van der Waals surface area contributed by atoms with E-state index in [1.54, 1.807) is 6.26 Å². The summed E-state index contributed by atoms with van der Waals surface area (Å²) < 4.78 is 10.8. The maximum absolute atomic E-state index is 11.3. The third-order valence-electron chi connectivity index (χ3n) is 3.37. The molecular formula is C14H28O3Si. The van der Waals surface area contributed by atoms with Gasteiger partial charge in [-0.05, 0) is 37.0 Å². The summed E-state index contributed by atoms with van der Waals surface area (Å²) in [7, 11) is -1.73. The summed E-state index contributed by atoms with van der Waals surface area (Å²) >= 11 is 0. The lowest BCUT2D eigenvalue weighted by Gasteiger charge is -2.35. The molecule has 0 saturated carbocycles. The highest BCUT2D eigenvalue weighted by Crippen LogP contribution is 2.36. The van der Waals surface area contributed by atoms with Gasteiger partial charge >= 0.3 is 5.97 Å². The summed E-state index contributed by atoms with van der Waals surface area (Å²) in [5.41, 5.74) is 0. The molecule has 0 spiro atoms. The van der Waals surface area contributed by atoms with Crippen molar-refractivity contribution < 1.29 is 14.0 Å². The average molecular weight is 272 g/mol. The van der Waals surface area contributed by atoms with Crippen LogP contribution in [0.4, 0.5) is 0 Å². The molecule has 106 valence electrons. The van der Waals surface area contributed by atoms with Crippen LogP contribution in [0.5, 0.6) is 0 Å². The fourth-order valence-electron chi connectivity index (χ4n) is 1.07. The molecule has 0 amide bonds. The van der Waals surface area contributed by atoms with Gasteiger partial charge in [0.05, 0.1) is 19.3 Å². The summed E-state index contributed by atoms with van der Waals surface area (Å²) in [5.74, 6) is -0.00389. The number of esters is 1. The van der Waals surface area contributed by atoms with Gasteiger partial charge in [0.25, 0.3) is 0 Å². The van der Waals surface area contributed by atoms with Gasteiger partial charge in [-0.3, -0.25) is 4.79 Å². The minimum atomic E-state index is -1.73. The topological polar surface area (TPSA) is 35.5 Å². The van der Waals surface area contributed by atoms with Crippen molar-refractivity contribution in [3.05, 3.63) is 12.3 Å². The van der Waals surface area contributed by atoms with E-state index in [2.05, 4.69) is 33.9 Å². The zero-order valence-electron chi connectivity index (χ0n) is 12.9. The molecule has 0 aliphatic carbocycles. The van der Waals surface area contributed by atoms with Gasteiger partial charge in [-0.25, -0.2) is 0 Å². The second-order valence-electron chi connectivity index (χ2n) is 6.19. The average Bonchev–Trinajstić information content (AvgIpc) is 2.15. The first-order valence-corrected chi connectivity index (χ1v) is 9.51. The molecule has 0 aliphatic rings. The van der Waals surface area contributed by atoms with Crippen molar-refractivity contribution in [2.24, 2.45) is 5.92 Å². The standard InChI is InChI=1S/C14H28O3Si/c1-8-16-13(15)11-12(2)9-10-17-18(6,7)14(3,4)5/h9-10,12H,8,11H2,1-7H3/b10-9+. The highest BCUT2D eigenvalue weighted by Gasteiger charge is 2.37. The van der Waals surface area contributed by atoms with E-state index in [9.17, 15) is 4.79 Å². The third kappa shape index (κ3) is 6.24. The lowest BCUT2D eigenvalue weighted by molar-refractivity contribution is -0.143. The third-order valence-corrected chi connectivity index (χ3v) is 7.71. The highest BCUT2D eigenvalue weighted by molar-refractivity contribution is 6.74. The largest absolute Gasteiger partial charge is 0.549 e. The van der Waals surface area contributed by atoms with Crippen LogP contribution in [0.2, 0.25) is 18.1 Å². The van der Waals surface area contributed by atoms with Crippen LogP contribution in [0.15, 0.2) is 12.3 Å². The minimum Gasteiger partial charge on any atom is -0.549 e. The first-order chi connectivity index (χ1) is 8.10. The van der Waals surface area contributed by atoms with Gasteiger partial charge in [0.1, 0.15) is 0 Å². The van der Waals surface area contributed by atoms with Gasteiger partial charge in [0, 0.05) is 0 Å². The van der Waals surface area contributed by atoms with Crippen LogP contribution < -0.4 is 0 Å². The lowest BCUT2D eigenvalue weighted by Crippen LogP contribution is -2.39. The molecule has 0 aromatic heterocycles. The molecular weight excluding hydrogens is 244 g/mol. The molecule has 0 fully saturated rings. The van der Waals surface area contributed by atoms with Crippen LogP contribution in [0.3, 0.4) is 0 Å². The Morgan fingerprint density at radius 1 is 1.33 bits per heavy atom. The smallest absolute Gasteiger partial charge is 0.306 e. The minimum absolute atomic E-state index is 0.147. The van der Waals surface area contributed by atoms with Gasteiger partial charge in [0.2, 0.25) is 8.32 Å². The van der Waals surface area contributed by atoms with E-state index in [4.69, 9.17) is 9.16 Å². The number of hydrogen-bond acceptors (Lipinski definition) is 3. The van der Waals surface area contributed by atoms with Gasteiger partial charge in [-0.1, -0.05) is 27.7 Å². The van der Waals surface area contributed by atoms with E-state index in [-0.39, 0.29) is 16.9 Å². The fraction of sp³-hybridized carbons (Fsp3) is 0.786. The number of allylic oxidation sites excluding steroid dienone is 1. The molecule has 3 nitrogen and oxygen atoms in total. The Labute approximate surface area is 113 Å². The molecule has 0 aliphatic heterocycles. The second-order valence-corrected chi connectivity index (χ2v) is 10.9. The van der Waals surface area contributed by atoms with Crippen molar-refractivity contribution in [2.45, 2.75) is 59.2 Å². The molecule has 18 heavy (non-hydrogen) atoms. The number of hydrogen-bond donors (Lipinski definition) is 0. The van der Waals surface area contributed by atoms with E-state index in [0.717, 1.165) is 0 Å². The number of carbonyl (C=O) groups is 1. The van der Waals surface area contributed by atoms with Gasteiger partial charge in [-0.2, -0.15) is 0 Å². The van der Waals surface area contributed by atoms with E-state index >= 15 is 0 Å². The highest BCUT2D eigenvalue weighted by atomic mass is 28.4. The summed E-state index contributed by atoms with van der Waals surface area (Å²) in [6.45, 7) is 15.3. The van der Waals surface area contributed by atoms with E-state index < -0.39 is 8.32 Å². The predicted molar refractivity (Wildman–Crippen MR) is 77.8 cm³/mol. The quantitative estimate of drug-likeness (QED) is 0.415. The molecule has 0 bridgehead atoms. The lowest BCUT2D eigenvalue weighted by atomic mass is 10.1. The van der Waals surface area contributed by atoms with Crippen molar-refractivity contribution >= 4 is 14.3 Å². The van der Waals surface area contributed by atoms with Crippen molar-refractivity contribution in [3.63, 3.8) is 0 Å². The zero-order chi connectivity index (χ0) is 14.4. The molecule has 0 rings (SSSR count).